The molecule has 2 atom stereocenters. The summed E-state index contributed by atoms with van der Waals surface area (Å²) in [4.78, 5) is 6.87. The van der Waals surface area contributed by atoms with Crippen LogP contribution in [0.25, 0.3) is 0 Å². The SMILES string of the molecule is CN1CC(CSc2nccn2C)=C[C@@H]2Cc3c(O)cccc3C[C@H]21. The van der Waals surface area contributed by atoms with Crippen molar-refractivity contribution < 1.29 is 5.11 Å². The van der Waals surface area contributed by atoms with E-state index in [9.17, 15) is 5.11 Å². The van der Waals surface area contributed by atoms with Crippen molar-refractivity contribution in [2.24, 2.45) is 13.0 Å². The number of phenols is 1. The first-order valence-electron chi connectivity index (χ1n) is 8.41. The van der Waals surface area contributed by atoms with E-state index in [2.05, 4.69) is 33.6 Å². The fourth-order valence-corrected chi connectivity index (χ4v) is 4.89. The molecule has 1 aliphatic heterocycles. The Morgan fingerprint density at radius 2 is 2.17 bits per heavy atom. The summed E-state index contributed by atoms with van der Waals surface area (Å²) in [5.41, 5.74) is 3.91. The minimum atomic E-state index is 0.455. The molecule has 126 valence electrons. The second-order valence-electron chi connectivity index (χ2n) is 6.90. The molecule has 0 spiro atoms. The molecule has 0 amide bonds. The Hall–Kier alpha value is -1.72. The highest BCUT2D eigenvalue weighted by atomic mass is 32.2. The molecule has 0 saturated carbocycles. The van der Waals surface area contributed by atoms with Crippen LogP contribution in [0.3, 0.4) is 0 Å². The highest BCUT2D eigenvalue weighted by Crippen LogP contribution is 2.37. The molecule has 1 aliphatic carbocycles. The lowest BCUT2D eigenvalue weighted by molar-refractivity contribution is 0.184. The van der Waals surface area contributed by atoms with Gasteiger partial charge in [-0.15, -0.1) is 0 Å². The molecule has 2 aromatic rings. The van der Waals surface area contributed by atoms with Crippen molar-refractivity contribution in [3.05, 3.63) is 53.4 Å². The number of hydrogen-bond acceptors (Lipinski definition) is 4. The summed E-state index contributed by atoms with van der Waals surface area (Å²) in [6, 6.07) is 6.48. The maximum absolute atomic E-state index is 10.2. The normalized spacial score (nSPS) is 23.5. The number of imidazole rings is 1. The smallest absolute Gasteiger partial charge is 0.167 e. The standard InChI is InChI=1S/C19H23N3OS/c1-21-7-6-20-19(21)24-12-13-8-15-9-16-14(4-3-5-18(16)23)10-17(15)22(2)11-13/h3-8,15,17,23H,9-12H2,1-2H3/t15-,17-/m1/s1. The number of aryl methyl sites for hydroxylation is 1. The monoisotopic (exact) mass is 341 g/mol. The zero-order valence-corrected chi connectivity index (χ0v) is 15.0. The zero-order valence-electron chi connectivity index (χ0n) is 14.1. The van der Waals surface area contributed by atoms with Crippen LogP contribution in [0, 0.1) is 5.92 Å². The van der Waals surface area contributed by atoms with Gasteiger partial charge < -0.3 is 9.67 Å². The van der Waals surface area contributed by atoms with E-state index in [4.69, 9.17) is 0 Å². The first kappa shape index (κ1) is 15.8. The van der Waals surface area contributed by atoms with Crippen molar-refractivity contribution >= 4 is 11.8 Å². The van der Waals surface area contributed by atoms with E-state index in [-0.39, 0.29) is 0 Å². The first-order valence-corrected chi connectivity index (χ1v) is 9.40. The number of aromatic hydroxyl groups is 1. The number of nitrogens with zero attached hydrogens (tertiary/aromatic N) is 3. The van der Waals surface area contributed by atoms with E-state index in [1.807, 2.05) is 31.6 Å². The molecule has 0 fully saturated rings. The van der Waals surface area contributed by atoms with Crippen LogP contribution < -0.4 is 0 Å². The minimum Gasteiger partial charge on any atom is -0.508 e. The number of fused-ring (bicyclic) bond motifs is 2. The maximum atomic E-state index is 10.2. The van der Waals surface area contributed by atoms with Gasteiger partial charge in [-0.25, -0.2) is 4.98 Å². The summed E-state index contributed by atoms with van der Waals surface area (Å²) < 4.78 is 2.06. The molecule has 2 aliphatic rings. The number of phenolic OH excluding ortho intramolecular Hbond substituents is 1. The van der Waals surface area contributed by atoms with Crippen LogP contribution in [0.15, 0.2) is 47.4 Å². The predicted octanol–water partition coefficient (Wildman–Crippen LogP) is 2.87. The Balaban J connectivity index is 1.53. The molecule has 4 nitrogen and oxygen atoms in total. The van der Waals surface area contributed by atoms with E-state index < -0.39 is 0 Å². The number of aromatic nitrogens is 2. The summed E-state index contributed by atoms with van der Waals surface area (Å²) in [6.45, 7) is 1.02. The van der Waals surface area contributed by atoms with Gasteiger partial charge in [0.15, 0.2) is 5.16 Å². The van der Waals surface area contributed by atoms with E-state index >= 15 is 0 Å². The quantitative estimate of drug-likeness (QED) is 0.688. The van der Waals surface area contributed by atoms with Crippen LogP contribution in [-0.2, 0) is 19.9 Å². The number of rotatable bonds is 3. The molecule has 4 rings (SSSR count). The van der Waals surface area contributed by atoms with Gasteiger partial charge in [0, 0.05) is 37.8 Å². The van der Waals surface area contributed by atoms with Gasteiger partial charge in [-0.3, -0.25) is 4.90 Å². The Labute approximate surface area is 147 Å². The van der Waals surface area contributed by atoms with Crippen molar-refractivity contribution in [1.82, 2.24) is 14.5 Å². The van der Waals surface area contributed by atoms with Crippen LogP contribution in [-0.4, -0.2) is 44.9 Å². The van der Waals surface area contributed by atoms with Gasteiger partial charge in [0.2, 0.25) is 0 Å². The van der Waals surface area contributed by atoms with Crippen molar-refractivity contribution in [3.8, 4) is 5.75 Å². The van der Waals surface area contributed by atoms with Gasteiger partial charge in [0.25, 0.3) is 0 Å². The Morgan fingerprint density at radius 3 is 2.96 bits per heavy atom. The van der Waals surface area contributed by atoms with Gasteiger partial charge in [0.1, 0.15) is 5.75 Å². The molecule has 1 aromatic heterocycles. The van der Waals surface area contributed by atoms with Crippen LogP contribution in [0.1, 0.15) is 11.1 Å². The third kappa shape index (κ3) is 2.87. The molecular weight excluding hydrogens is 318 g/mol. The third-order valence-corrected chi connectivity index (χ3v) is 6.41. The molecular formula is C19H23N3OS. The molecule has 0 radical (unpaired) electrons. The van der Waals surface area contributed by atoms with E-state index in [0.29, 0.717) is 17.7 Å². The lowest BCUT2D eigenvalue weighted by Gasteiger charge is -2.42. The Morgan fingerprint density at radius 1 is 1.29 bits per heavy atom. The fraction of sp³-hybridized carbons (Fsp3) is 0.421. The summed E-state index contributed by atoms with van der Waals surface area (Å²) >= 11 is 1.80. The molecule has 2 heterocycles. The highest BCUT2D eigenvalue weighted by molar-refractivity contribution is 7.99. The van der Waals surface area contributed by atoms with Crippen molar-refractivity contribution in [1.29, 1.82) is 0 Å². The van der Waals surface area contributed by atoms with Gasteiger partial charge in [-0.05, 0) is 48.6 Å². The fourth-order valence-electron chi connectivity index (χ4n) is 3.98. The van der Waals surface area contributed by atoms with Gasteiger partial charge in [-0.1, -0.05) is 30.0 Å². The lowest BCUT2D eigenvalue weighted by atomic mass is 9.76. The molecule has 0 unspecified atom stereocenters. The summed E-state index contributed by atoms with van der Waals surface area (Å²) in [7, 11) is 4.26. The molecule has 0 saturated heterocycles. The molecule has 0 bridgehead atoms. The number of hydrogen-bond donors (Lipinski definition) is 1. The largest absolute Gasteiger partial charge is 0.508 e. The average molecular weight is 341 g/mol. The topological polar surface area (TPSA) is 41.3 Å². The number of benzene rings is 1. The summed E-state index contributed by atoms with van der Waals surface area (Å²) in [5, 5.41) is 11.3. The second kappa shape index (κ2) is 6.30. The van der Waals surface area contributed by atoms with Crippen LogP contribution >= 0.6 is 11.8 Å². The summed E-state index contributed by atoms with van der Waals surface area (Å²) in [6.07, 6.45) is 8.26. The second-order valence-corrected chi connectivity index (χ2v) is 7.85. The third-order valence-electron chi connectivity index (χ3n) is 5.24. The molecule has 5 heteroatoms. The molecule has 1 aromatic carbocycles. The van der Waals surface area contributed by atoms with E-state index in [0.717, 1.165) is 35.9 Å². The van der Waals surface area contributed by atoms with Crippen molar-refractivity contribution in [2.45, 2.75) is 24.0 Å². The minimum absolute atomic E-state index is 0.455. The van der Waals surface area contributed by atoms with Gasteiger partial charge >= 0.3 is 0 Å². The van der Waals surface area contributed by atoms with Crippen molar-refractivity contribution in [2.75, 3.05) is 19.3 Å². The summed E-state index contributed by atoms with van der Waals surface area (Å²) in [5.74, 6) is 1.92. The van der Waals surface area contributed by atoms with Crippen LogP contribution in [0.5, 0.6) is 5.75 Å². The Kier molecular flexibility index (Phi) is 4.14. The number of likely N-dealkylation sites (N-methyl/N-ethyl adjacent to an activating group) is 1. The highest BCUT2D eigenvalue weighted by Gasteiger charge is 2.34. The molecule has 24 heavy (non-hydrogen) atoms. The maximum Gasteiger partial charge on any atom is 0.167 e. The van der Waals surface area contributed by atoms with Crippen molar-refractivity contribution in [3.63, 3.8) is 0 Å². The predicted molar refractivity (Wildman–Crippen MR) is 97.4 cm³/mol. The van der Waals surface area contributed by atoms with Gasteiger partial charge in [-0.2, -0.15) is 0 Å². The molecule has 1 N–H and O–H groups in total. The first-order chi connectivity index (χ1) is 11.6. The Bertz CT molecular complexity index is 783. The lowest BCUT2D eigenvalue weighted by Crippen LogP contribution is -2.46. The van der Waals surface area contributed by atoms with Gasteiger partial charge in [0.05, 0.1) is 0 Å². The van der Waals surface area contributed by atoms with E-state index in [1.165, 1.54) is 11.1 Å². The zero-order chi connectivity index (χ0) is 16.7. The van der Waals surface area contributed by atoms with Crippen LogP contribution in [0.2, 0.25) is 0 Å². The average Bonchev–Trinajstić information content (AvgIpc) is 2.97. The number of thioether (sulfide) groups is 1. The van der Waals surface area contributed by atoms with E-state index in [1.54, 1.807) is 11.8 Å². The van der Waals surface area contributed by atoms with Crippen LogP contribution in [0.4, 0.5) is 0 Å².